The molecule has 1 aliphatic rings. The van der Waals surface area contributed by atoms with Crippen molar-refractivity contribution in [2.75, 3.05) is 6.54 Å². The number of rotatable bonds is 7. The van der Waals surface area contributed by atoms with Crippen molar-refractivity contribution in [2.24, 2.45) is 11.8 Å². The molecule has 4 heteroatoms. The molecule has 0 bridgehead atoms. The molecule has 4 atom stereocenters. The van der Waals surface area contributed by atoms with Crippen LogP contribution in [-0.2, 0) is 9.59 Å². The number of amides is 2. The van der Waals surface area contributed by atoms with Crippen molar-refractivity contribution in [2.45, 2.75) is 78.8 Å². The van der Waals surface area contributed by atoms with Gasteiger partial charge in [-0.25, -0.2) is 0 Å². The second kappa shape index (κ2) is 7.28. The monoisotopic (exact) mass is 296 g/mol. The summed E-state index contributed by atoms with van der Waals surface area (Å²) in [7, 11) is 0. The molecular weight excluding hydrogens is 264 g/mol. The molecule has 1 rings (SSSR count). The number of carbonyl (C=O) groups is 2. The zero-order valence-electron chi connectivity index (χ0n) is 14.5. The van der Waals surface area contributed by atoms with Crippen LogP contribution in [0.15, 0.2) is 0 Å². The first-order valence-electron chi connectivity index (χ1n) is 8.44. The Hall–Kier alpha value is -1.06. The van der Waals surface area contributed by atoms with Crippen LogP contribution in [-0.4, -0.2) is 34.8 Å². The maximum Gasteiger partial charge on any atom is 0.246 e. The standard InChI is InChI=1S/C17H32N2O2/c1-7-10-12(4)11-19-15(20)14(13(5)8-2)18-16(21)17(19,6)9-3/h12-14H,7-11H2,1-6H3,(H,18,21). The van der Waals surface area contributed by atoms with Gasteiger partial charge in [0, 0.05) is 6.54 Å². The SMILES string of the molecule is CCCC(C)CN1C(=O)C(C(C)CC)NC(=O)C1(C)CC. The Kier molecular flexibility index (Phi) is 6.24. The van der Waals surface area contributed by atoms with Crippen LogP contribution in [0.2, 0.25) is 0 Å². The minimum Gasteiger partial charge on any atom is -0.342 e. The Labute approximate surface area is 129 Å². The van der Waals surface area contributed by atoms with Gasteiger partial charge < -0.3 is 10.2 Å². The summed E-state index contributed by atoms with van der Waals surface area (Å²) in [6.07, 6.45) is 3.72. The highest BCUT2D eigenvalue weighted by molar-refractivity contribution is 5.99. The molecule has 0 saturated carbocycles. The minimum atomic E-state index is -0.705. The third-order valence-corrected chi connectivity index (χ3v) is 5.08. The van der Waals surface area contributed by atoms with E-state index in [9.17, 15) is 9.59 Å². The van der Waals surface area contributed by atoms with E-state index in [0.717, 1.165) is 19.3 Å². The summed E-state index contributed by atoms with van der Waals surface area (Å²) < 4.78 is 0. The Bertz CT molecular complexity index is 383. The summed E-state index contributed by atoms with van der Waals surface area (Å²) in [4.78, 5) is 27.3. The van der Waals surface area contributed by atoms with Crippen molar-refractivity contribution in [3.05, 3.63) is 0 Å². The minimum absolute atomic E-state index is 0.00130. The Morgan fingerprint density at radius 2 is 1.86 bits per heavy atom. The first-order valence-corrected chi connectivity index (χ1v) is 8.44. The van der Waals surface area contributed by atoms with Crippen LogP contribution in [0.25, 0.3) is 0 Å². The summed E-state index contributed by atoms with van der Waals surface area (Å²) in [5, 5.41) is 2.96. The number of hydrogen-bond donors (Lipinski definition) is 1. The van der Waals surface area contributed by atoms with E-state index >= 15 is 0 Å². The zero-order valence-corrected chi connectivity index (χ0v) is 14.5. The van der Waals surface area contributed by atoms with Crippen molar-refractivity contribution in [1.82, 2.24) is 10.2 Å². The average molecular weight is 296 g/mol. The highest BCUT2D eigenvalue weighted by Gasteiger charge is 2.49. The lowest BCUT2D eigenvalue weighted by molar-refractivity contribution is -0.159. The molecule has 0 aromatic rings. The number of carbonyl (C=O) groups excluding carboxylic acids is 2. The van der Waals surface area contributed by atoms with E-state index in [1.807, 2.05) is 25.7 Å². The molecular formula is C17H32N2O2. The lowest BCUT2D eigenvalue weighted by Gasteiger charge is -2.48. The predicted octanol–water partition coefficient (Wildman–Crippen LogP) is 2.96. The van der Waals surface area contributed by atoms with Crippen molar-refractivity contribution >= 4 is 11.8 Å². The summed E-state index contributed by atoms with van der Waals surface area (Å²) in [5.41, 5.74) is -0.705. The summed E-state index contributed by atoms with van der Waals surface area (Å²) in [5.74, 6) is 0.690. The molecule has 1 heterocycles. The van der Waals surface area contributed by atoms with E-state index in [1.165, 1.54) is 0 Å². The normalized spacial score (nSPS) is 29.2. The van der Waals surface area contributed by atoms with Crippen LogP contribution in [0.3, 0.4) is 0 Å². The molecule has 1 fully saturated rings. The maximum absolute atomic E-state index is 12.9. The predicted molar refractivity (Wildman–Crippen MR) is 85.9 cm³/mol. The van der Waals surface area contributed by atoms with E-state index in [-0.39, 0.29) is 23.8 Å². The van der Waals surface area contributed by atoms with Crippen LogP contribution in [0.4, 0.5) is 0 Å². The van der Waals surface area contributed by atoms with Gasteiger partial charge in [0.1, 0.15) is 11.6 Å². The second-order valence-corrected chi connectivity index (χ2v) is 6.81. The third-order valence-electron chi connectivity index (χ3n) is 5.08. The third kappa shape index (κ3) is 3.58. The van der Waals surface area contributed by atoms with E-state index in [2.05, 4.69) is 26.1 Å². The number of nitrogens with zero attached hydrogens (tertiary/aromatic N) is 1. The van der Waals surface area contributed by atoms with E-state index < -0.39 is 5.54 Å². The Morgan fingerprint density at radius 1 is 1.24 bits per heavy atom. The topological polar surface area (TPSA) is 49.4 Å². The van der Waals surface area contributed by atoms with Gasteiger partial charge >= 0.3 is 0 Å². The van der Waals surface area contributed by atoms with Crippen LogP contribution in [0.5, 0.6) is 0 Å². The molecule has 4 nitrogen and oxygen atoms in total. The quantitative estimate of drug-likeness (QED) is 0.785. The smallest absolute Gasteiger partial charge is 0.246 e. The fraction of sp³-hybridized carbons (Fsp3) is 0.882. The molecule has 0 aromatic carbocycles. The fourth-order valence-electron chi connectivity index (χ4n) is 3.05. The van der Waals surface area contributed by atoms with E-state index in [1.54, 1.807) is 0 Å². The molecule has 21 heavy (non-hydrogen) atoms. The number of nitrogens with one attached hydrogen (secondary N) is 1. The molecule has 0 spiro atoms. The van der Waals surface area contributed by atoms with Gasteiger partial charge in [-0.15, -0.1) is 0 Å². The van der Waals surface area contributed by atoms with E-state index in [4.69, 9.17) is 0 Å². The lowest BCUT2D eigenvalue weighted by Crippen LogP contribution is -2.70. The summed E-state index contributed by atoms with van der Waals surface area (Å²) >= 11 is 0. The molecule has 1 saturated heterocycles. The largest absolute Gasteiger partial charge is 0.342 e. The number of hydrogen-bond acceptors (Lipinski definition) is 2. The second-order valence-electron chi connectivity index (χ2n) is 6.81. The van der Waals surface area contributed by atoms with Crippen molar-refractivity contribution < 1.29 is 9.59 Å². The van der Waals surface area contributed by atoms with Gasteiger partial charge in [-0.1, -0.05) is 47.5 Å². The number of piperazine rings is 1. The van der Waals surface area contributed by atoms with Crippen molar-refractivity contribution in [3.63, 3.8) is 0 Å². The molecule has 0 aliphatic carbocycles. The lowest BCUT2D eigenvalue weighted by atomic mass is 9.85. The Balaban J connectivity index is 3.04. The first kappa shape index (κ1) is 18.0. The molecule has 122 valence electrons. The van der Waals surface area contributed by atoms with Gasteiger partial charge in [-0.3, -0.25) is 9.59 Å². The van der Waals surface area contributed by atoms with Gasteiger partial charge in [0.05, 0.1) is 0 Å². The first-order chi connectivity index (χ1) is 9.81. The van der Waals surface area contributed by atoms with Gasteiger partial charge in [0.2, 0.25) is 11.8 Å². The molecule has 2 amide bonds. The zero-order chi connectivity index (χ0) is 16.2. The molecule has 0 radical (unpaired) electrons. The van der Waals surface area contributed by atoms with Gasteiger partial charge in [0.15, 0.2) is 0 Å². The van der Waals surface area contributed by atoms with Crippen LogP contribution >= 0.6 is 0 Å². The van der Waals surface area contributed by atoms with Crippen LogP contribution in [0.1, 0.15) is 67.2 Å². The highest BCUT2D eigenvalue weighted by Crippen LogP contribution is 2.29. The summed E-state index contributed by atoms with van der Waals surface area (Å²) in [6.45, 7) is 13.0. The Morgan fingerprint density at radius 3 is 2.33 bits per heavy atom. The van der Waals surface area contributed by atoms with Gasteiger partial charge in [-0.2, -0.15) is 0 Å². The molecule has 1 aliphatic heterocycles. The van der Waals surface area contributed by atoms with Crippen molar-refractivity contribution in [3.8, 4) is 0 Å². The highest BCUT2D eigenvalue weighted by atomic mass is 16.2. The molecule has 4 unspecified atom stereocenters. The van der Waals surface area contributed by atoms with E-state index in [0.29, 0.717) is 18.9 Å². The average Bonchev–Trinajstić information content (AvgIpc) is 2.46. The van der Waals surface area contributed by atoms with Gasteiger partial charge in [0.25, 0.3) is 0 Å². The molecule has 1 N–H and O–H groups in total. The van der Waals surface area contributed by atoms with Crippen molar-refractivity contribution in [1.29, 1.82) is 0 Å². The van der Waals surface area contributed by atoms with Gasteiger partial charge in [-0.05, 0) is 31.6 Å². The van der Waals surface area contributed by atoms with Crippen LogP contribution in [0, 0.1) is 11.8 Å². The van der Waals surface area contributed by atoms with Crippen LogP contribution < -0.4 is 5.32 Å². The summed E-state index contributed by atoms with van der Waals surface area (Å²) in [6, 6.07) is -0.365. The fourth-order valence-corrected chi connectivity index (χ4v) is 3.05. The maximum atomic E-state index is 12.9. The molecule has 0 aromatic heterocycles.